The van der Waals surface area contributed by atoms with Crippen molar-refractivity contribution in [2.24, 2.45) is 11.7 Å². The number of rotatable bonds is 4. The summed E-state index contributed by atoms with van der Waals surface area (Å²) >= 11 is 0. The van der Waals surface area contributed by atoms with Gasteiger partial charge in [-0.15, -0.1) is 0 Å². The van der Waals surface area contributed by atoms with Crippen LogP contribution >= 0.6 is 0 Å². The van der Waals surface area contributed by atoms with E-state index in [1.807, 2.05) is 27.7 Å². The minimum absolute atomic E-state index is 0.113. The summed E-state index contributed by atoms with van der Waals surface area (Å²) in [6, 6.07) is -0.516. The Labute approximate surface area is 114 Å². The number of nitrogens with zero attached hydrogens (tertiary/aromatic N) is 2. The van der Waals surface area contributed by atoms with Crippen LogP contribution < -0.4 is 11.1 Å². The van der Waals surface area contributed by atoms with Crippen LogP contribution in [-0.4, -0.2) is 22.1 Å². The minimum atomic E-state index is -0.322. The molecular formula is C13H24N4O2. The molecule has 0 saturated carbocycles. The molecule has 19 heavy (non-hydrogen) atoms. The first-order chi connectivity index (χ1) is 8.62. The standard InChI is InChI=1S/C13H24N4O2/c1-7(8(2)14)10(18)15-9(3)11-16-12(17-19-11)13(4,5)6/h7-9H,14H2,1-6H3,(H,15,18). The number of nitrogens with one attached hydrogen (secondary N) is 1. The Morgan fingerprint density at radius 1 is 1.32 bits per heavy atom. The van der Waals surface area contributed by atoms with Crippen LogP contribution in [0.1, 0.15) is 59.3 Å². The third-order valence-corrected chi connectivity index (χ3v) is 3.04. The van der Waals surface area contributed by atoms with Crippen LogP contribution in [0.3, 0.4) is 0 Å². The molecule has 0 aliphatic carbocycles. The second-order valence-corrected chi connectivity index (χ2v) is 6.08. The molecule has 0 aliphatic rings. The smallest absolute Gasteiger partial charge is 0.248 e. The maximum atomic E-state index is 11.9. The predicted molar refractivity (Wildman–Crippen MR) is 72.4 cm³/mol. The number of carbonyl (C=O) groups is 1. The van der Waals surface area contributed by atoms with E-state index in [0.717, 1.165) is 0 Å². The van der Waals surface area contributed by atoms with Crippen molar-refractivity contribution in [3.8, 4) is 0 Å². The van der Waals surface area contributed by atoms with Crippen LogP contribution in [0.5, 0.6) is 0 Å². The highest BCUT2D eigenvalue weighted by atomic mass is 16.5. The summed E-state index contributed by atoms with van der Waals surface area (Å²) in [4.78, 5) is 16.2. The van der Waals surface area contributed by atoms with Crippen LogP contribution in [0.25, 0.3) is 0 Å². The second kappa shape index (κ2) is 5.69. The maximum absolute atomic E-state index is 11.9. The van der Waals surface area contributed by atoms with Crippen molar-refractivity contribution in [2.75, 3.05) is 0 Å². The van der Waals surface area contributed by atoms with Crippen LogP contribution in [-0.2, 0) is 10.2 Å². The van der Waals surface area contributed by atoms with E-state index in [0.29, 0.717) is 11.7 Å². The van der Waals surface area contributed by atoms with Gasteiger partial charge in [-0.3, -0.25) is 4.79 Å². The molecule has 1 aromatic heterocycles. The number of amides is 1. The van der Waals surface area contributed by atoms with Crippen LogP contribution in [0.4, 0.5) is 0 Å². The largest absolute Gasteiger partial charge is 0.344 e. The van der Waals surface area contributed by atoms with Gasteiger partial charge in [0.2, 0.25) is 11.8 Å². The summed E-state index contributed by atoms with van der Waals surface area (Å²) in [6.07, 6.45) is 0. The molecule has 108 valence electrons. The van der Waals surface area contributed by atoms with Gasteiger partial charge in [-0.2, -0.15) is 4.98 Å². The van der Waals surface area contributed by atoms with Crippen molar-refractivity contribution < 1.29 is 9.32 Å². The summed E-state index contributed by atoms with van der Waals surface area (Å²) < 4.78 is 5.19. The maximum Gasteiger partial charge on any atom is 0.248 e. The van der Waals surface area contributed by atoms with Crippen LogP contribution in [0.15, 0.2) is 4.52 Å². The van der Waals surface area contributed by atoms with Crippen molar-refractivity contribution in [2.45, 2.75) is 59.0 Å². The average Bonchev–Trinajstić information content (AvgIpc) is 2.76. The molecule has 0 spiro atoms. The van der Waals surface area contributed by atoms with E-state index in [4.69, 9.17) is 10.3 Å². The van der Waals surface area contributed by atoms with E-state index < -0.39 is 0 Å². The van der Waals surface area contributed by atoms with Gasteiger partial charge < -0.3 is 15.6 Å². The third kappa shape index (κ3) is 4.02. The Morgan fingerprint density at radius 3 is 2.32 bits per heavy atom. The fourth-order valence-corrected chi connectivity index (χ4v) is 1.36. The Bertz CT molecular complexity index is 434. The average molecular weight is 268 g/mol. The molecule has 3 unspecified atom stereocenters. The first kappa shape index (κ1) is 15.6. The van der Waals surface area contributed by atoms with Gasteiger partial charge in [0.15, 0.2) is 5.82 Å². The molecule has 1 aromatic rings. The highest BCUT2D eigenvalue weighted by molar-refractivity contribution is 5.79. The molecule has 6 heteroatoms. The molecule has 3 N–H and O–H groups in total. The van der Waals surface area contributed by atoms with Gasteiger partial charge in [-0.1, -0.05) is 32.9 Å². The van der Waals surface area contributed by atoms with Gasteiger partial charge in [0, 0.05) is 17.4 Å². The zero-order valence-corrected chi connectivity index (χ0v) is 12.5. The number of nitrogens with two attached hydrogens (primary N) is 1. The van der Waals surface area contributed by atoms with Crippen molar-refractivity contribution in [3.63, 3.8) is 0 Å². The van der Waals surface area contributed by atoms with Gasteiger partial charge in [-0.25, -0.2) is 0 Å². The van der Waals surface area contributed by atoms with Gasteiger partial charge in [-0.05, 0) is 13.8 Å². The molecule has 1 heterocycles. The molecule has 0 aliphatic heterocycles. The van der Waals surface area contributed by atoms with E-state index in [1.54, 1.807) is 13.8 Å². The summed E-state index contributed by atoms with van der Waals surface area (Å²) in [7, 11) is 0. The molecule has 0 fully saturated rings. The molecule has 1 amide bonds. The number of hydrogen-bond donors (Lipinski definition) is 2. The van der Waals surface area contributed by atoms with Gasteiger partial charge in [0.1, 0.15) is 6.04 Å². The quantitative estimate of drug-likeness (QED) is 0.863. The summed E-state index contributed by atoms with van der Waals surface area (Å²) in [5, 5.41) is 6.76. The lowest BCUT2D eigenvalue weighted by molar-refractivity contribution is -0.125. The van der Waals surface area contributed by atoms with Crippen molar-refractivity contribution in [1.82, 2.24) is 15.5 Å². The molecule has 0 saturated heterocycles. The van der Waals surface area contributed by atoms with E-state index >= 15 is 0 Å². The molecule has 0 bridgehead atoms. The molecule has 3 atom stereocenters. The number of aromatic nitrogens is 2. The van der Waals surface area contributed by atoms with E-state index in [9.17, 15) is 4.79 Å². The Morgan fingerprint density at radius 2 is 1.89 bits per heavy atom. The Hall–Kier alpha value is -1.43. The van der Waals surface area contributed by atoms with Crippen LogP contribution in [0.2, 0.25) is 0 Å². The summed E-state index contributed by atoms with van der Waals surface area (Å²) in [5.41, 5.74) is 5.52. The monoisotopic (exact) mass is 268 g/mol. The van der Waals surface area contributed by atoms with E-state index in [2.05, 4.69) is 15.5 Å². The Kier molecular flexibility index (Phi) is 4.68. The molecule has 0 radical (unpaired) electrons. The zero-order valence-electron chi connectivity index (χ0n) is 12.5. The van der Waals surface area contributed by atoms with E-state index in [1.165, 1.54) is 0 Å². The highest BCUT2D eigenvalue weighted by Gasteiger charge is 2.25. The normalized spacial score (nSPS) is 16.8. The van der Waals surface area contributed by atoms with Crippen molar-refractivity contribution >= 4 is 5.91 Å². The number of carbonyl (C=O) groups excluding carboxylic acids is 1. The predicted octanol–water partition coefficient (Wildman–Crippen LogP) is 1.53. The van der Waals surface area contributed by atoms with Gasteiger partial charge in [0.25, 0.3) is 0 Å². The van der Waals surface area contributed by atoms with Crippen molar-refractivity contribution in [1.29, 1.82) is 0 Å². The second-order valence-electron chi connectivity index (χ2n) is 6.08. The first-order valence-electron chi connectivity index (χ1n) is 6.53. The van der Waals surface area contributed by atoms with Gasteiger partial charge in [0.05, 0.1) is 0 Å². The molecular weight excluding hydrogens is 244 g/mol. The Balaban J connectivity index is 2.71. The zero-order chi connectivity index (χ0) is 14.8. The summed E-state index contributed by atoms with van der Waals surface area (Å²) in [5.74, 6) is 0.671. The molecule has 0 aromatic carbocycles. The lowest BCUT2D eigenvalue weighted by atomic mass is 9.96. The lowest BCUT2D eigenvalue weighted by Gasteiger charge is -2.17. The molecule has 6 nitrogen and oxygen atoms in total. The highest BCUT2D eigenvalue weighted by Crippen LogP contribution is 2.20. The fourth-order valence-electron chi connectivity index (χ4n) is 1.36. The fraction of sp³-hybridized carbons (Fsp3) is 0.769. The third-order valence-electron chi connectivity index (χ3n) is 3.04. The summed E-state index contributed by atoms with van der Waals surface area (Å²) in [6.45, 7) is 11.4. The first-order valence-corrected chi connectivity index (χ1v) is 6.53. The molecule has 1 rings (SSSR count). The number of hydrogen-bond acceptors (Lipinski definition) is 5. The topological polar surface area (TPSA) is 94.0 Å². The van der Waals surface area contributed by atoms with Crippen molar-refractivity contribution in [3.05, 3.63) is 11.7 Å². The lowest BCUT2D eigenvalue weighted by Crippen LogP contribution is -2.39. The minimum Gasteiger partial charge on any atom is -0.344 e. The van der Waals surface area contributed by atoms with Crippen LogP contribution in [0, 0.1) is 5.92 Å². The van der Waals surface area contributed by atoms with E-state index in [-0.39, 0.29) is 29.3 Å². The SMILES string of the molecule is CC(NC(=O)C(C)C(C)N)c1nc(C(C)(C)C)no1. The van der Waals surface area contributed by atoms with Gasteiger partial charge >= 0.3 is 0 Å².